The number of benzene rings is 1. The van der Waals surface area contributed by atoms with E-state index in [2.05, 4.69) is 40.5 Å². The molecule has 2 aliphatic heterocycles. The summed E-state index contributed by atoms with van der Waals surface area (Å²) in [5.41, 5.74) is 0. The molecule has 2 atom stereocenters. The number of nitrogens with zero attached hydrogens (tertiary/aromatic N) is 1. The number of amides is 1. The van der Waals surface area contributed by atoms with Crippen molar-refractivity contribution in [3.8, 4) is 0 Å². The molecule has 3 nitrogen and oxygen atoms in total. The number of carbonyl (C=O) groups is 1. The molecule has 1 N–H and O–H groups in total. The van der Waals surface area contributed by atoms with Crippen LogP contribution in [0.25, 0.3) is 0 Å². The molecule has 2 aliphatic rings. The van der Waals surface area contributed by atoms with Gasteiger partial charge in [-0.25, -0.2) is 0 Å². The molecule has 122 valence electrons. The minimum Gasteiger partial charge on any atom is -0.341 e. The fourth-order valence-electron chi connectivity index (χ4n) is 3.18. The number of hydrogen-bond acceptors (Lipinski definition) is 3. The SMILES string of the molecule is Cl.O=C(C1CCCCN1)N1CCC(CSc2ccccc2)C1. The molecule has 2 heterocycles. The van der Waals surface area contributed by atoms with Crippen LogP contribution in [0.15, 0.2) is 35.2 Å². The Morgan fingerprint density at radius 3 is 2.77 bits per heavy atom. The first-order chi connectivity index (χ1) is 10.3. The minimum absolute atomic E-state index is 0. The van der Waals surface area contributed by atoms with E-state index in [1.54, 1.807) is 0 Å². The van der Waals surface area contributed by atoms with E-state index in [1.165, 1.54) is 17.7 Å². The fraction of sp³-hybridized carbons (Fsp3) is 0.588. The monoisotopic (exact) mass is 340 g/mol. The highest BCUT2D eigenvalue weighted by molar-refractivity contribution is 7.99. The first kappa shape index (κ1) is 17.6. The number of hydrogen-bond donors (Lipinski definition) is 1. The Hall–Kier alpha value is -0.710. The van der Waals surface area contributed by atoms with E-state index in [0.717, 1.165) is 38.2 Å². The maximum atomic E-state index is 12.5. The van der Waals surface area contributed by atoms with Crippen molar-refractivity contribution in [1.29, 1.82) is 0 Å². The van der Waals surface area contributed by atoms with Gasteiger partial charge in [0, 0.05) is 23.7 Å². The molecule has 0 bridgehead atoms. The van der Waals surface area contributed by atoms with Crippen LogP contribution >= 0.6 is 24.2 Å². The van der Waals surface area contributed by atoms with Gasteiger partial charge < -0.3 is 10.2 Å². The molecular formula is C17H25ClN2OS. The molecule has 2 unspecified atom stereocenters. The second-order valence-electron chi connectivity index (χ2n) is 6.07. The van der Waals surface area contributed by atoms with Crippen LogP contribution in [0.2, 0.25) is 0 Å². The van der Waals surface area contributed by atoms with Crippen molar-refractivity contribution in [2.75, 3.05) is 25.4 Å². The normalized spacial score (nSPS) is 24.8. The lowest BCUT2D eigenvalue weighted by Gasteiger charge is -2.27. The van der Waals surface area contributed by atoms with Gasteiger partial charge in [-0.15, -0.1) is 24.2 Å². The maximum absolute atomic E-state index is 12.5. The largest absolute Gasteiger partial charge is 0.341 e. The molecular weight excluding hydrogens is 316 g/mol. The van der Waals surface area contributed by atoms with Crippen molar-refractivity contribution in [3.63, 3.8) is 0 Å². The molecule has 22 heavy (non-hydrogen) atoms. The Balaban J connectivity index is 0.00000176. The van der Waals surface area contributed by atoms with Gasteiger partial charge in [0.1, 0.15) is 0 Å². The lowest BCUT2D eigenvalue weighted by Crippen LogP contribution is -2.47. The number of piperidine rings is 1. The first-order valence-corrected chi connectivity index (χ1v) is 9.01. The van der Waals surface area contributed by atoms with Crippen LogP contribution in [-0.4, -0.2) is 42.2 Å². The molecule has 0 aliphatic carbocycles. The molecule has 5 heteroatoms. The van der Waals surface area contributed by atoms with E-state index in [-0.39, 0.29) is 18.4 Å². The standard InChI is InChI=1S/C17H24N2OS.ClH/c20-17(16-8-4-5-10-18-16)19-11-9-14(12-19)13-21-15-6-2-1-3-7-15;/h1-3,6-7,14,16,18H,4-5,8-13H2;1H. The van der Waals surface area contributed by atoms with Gasteiger partial charge in [-0.2, -0.15) is 0 Å². The molecule has 0 radical (unpaired) electrons. The van der Waals surface area contributed by atoms with Gasteiger partial charge in [0.15, 0.2) is 0 Å². The van der Waals surface area contributed by atoms with Gasteiger partial charge in [0.05, 0.1) is 6.04 Å². The molecule has 1 aromatic carbocycles. The zero-order chi connectivity index (χ0) is 14.5. The molecule has 1 amide bonds. The average Bonchev–Trinajstić information content (AvgIpc) is 3.03. The number of rotatable bonds is 4. The fourth-order valence-corrected chi connectivity index (χ4v) is 4.23. The maximum Gasteiger partial charge on any atom is 0.239 e. The first-order valence-electron chi connectivity index (χ1n) is 8.03. The van der Waals surface area contributed by atoms with Gasteiger partial charge in [-0.3, -0.25) is 4.79 Å². The van der Waals surface area contributed by atoms with Crippen LogP contribution in [0, 0.1) is 5.92 Å². The minimum atomic E-state index is 0. The summed E-state index contributed by atoms with van der Waals surface area (Å²) >= 11 is 1.91. The Kier molecular flexibility index (Phi) is 7.06. The van der Waals surface area contributed by atoms with Gasteiger partial charge in [-0.1, -0.05) is 24.6 Å². The number of halogens is 1. The van der Waals surface area contributed by atoms with E-state index in [9.17, 15) is 4.79 Å². The summed E-state index contributed by atoms with van der Waals surface area (Å²) in [6.45, 7) is 2.88. The predicted octanol–water partition coefficient (Wildman–Crippen LogP) is 3.19. The highest BCUT2D eigenvalue weighted by Crippen LogP contribution is 2.26. The topological polar surface area (TPSA) is 32.3 Å². The summed E-state index contributed by atoms with van der Waals surface area (Å²) in [7, 11) is 0. The molecule has 0 aromatic heterocycles. The van der Waals surface area contributed by atoms with E-state index in [4.69, 9.17) is 0 Å². The predicted molar refractivity (Wildman–Crippen MR) is 94.7 cm³/mol. The Morgan fingerprint density at radius 2 is 2.05 bits per heavy atom. The zero-order valence-electron chi connectivity index (χ0n) is 12.9. The van der Waals surface area contributed by atoms with Crippen molar-refractivity contribution < 1.29 is 4.79 Å². The molecule has 0 saturated carbocycles. The highest BCUT2D eigenvalue weighted by atomic mass is 35.5. The van der Waals surface area contributed by atoms with Crippen molar-refractivity contribution in [1.82, 2.24) is 10.2 Å². The summed E-state index contributed by atoms with van der Waals surface area (Å²) in [5.74, 6) is 2.09. The van der Waals surface area contributed by atoms with Crippen LogP contribution < -0.4 is 5.32 Å². The van der Waals surface area contributed by atoms with Crippen molar-refractivity contribution in [2.24, 2.45) is 5.92 Å². The van der Waals surface area contributed by atoms with Gasteiger partial charge >= 0.3 is 0 Å². The van der Waals surface area contributed by atoms with Crippen LogP contribution in [-0.2, 0) is 4.79 Å². The highest BCUT2D eigenvalue weighted by Gasteiger charge is 2.31. The third-order valence-corrected chi connectivity index (χ3v) is 5.68. The Bertz CT molecular complexity index is 465. The molecule has 2 saturated heterocycles. The molecule has 1 aromatic rings. The number of nitrogens with one attached hydrogen (secondary N) is 1. The van der Waals surface area contributed by atoms with Crippen molar-refractivity contribution >= 4 is 30.1 Å². The van der Waals surface area contributed by atoms with Gasteiger partial charge in [0.25, 0.3) is 0 Å². The van der Waals surface area contributed by atoms with E-state index >= 15 is 0 Å². The Labute approximate surface area is 143 Å². The molecule has 2 fully saturated rings. The van der Waals surface area contributed by atoms with E-state index in [1.807, 2.05) is 11.8 Å². The second-order valence-corrected chi connectivity index (χ2v) is 7.16. The summed E-state index contributed by atoms with van der Waals surface area (Å²) < 4.78 is 0. The third-order valence-electron chi connectivity index (χ3n) is 4.43. The quantitative estimate of drug-likeness (QED) is 0.854. The zero-order valence-corrected chi connectivity index (χ0v) is 14.5. The van der Waals surface area contributed by atoms with Crippen LogP contribution in [0.3, 0.4) is 0 Å². The molecule has 3 rings (SSSR count). The van der Waals surface area contributed by atoms with E-state index in [0.29, 0.717) is 11.8 Å². The van der Waals surface area contributed by atoms with Crippen molar-refractivity contribution in [2.45, 2.75) is 36.6 Å². The number of thioether (sulfide) groups is 1. The van der Waals surface area contributed by atoms with Gasteiger partial charge in [0.2, 0.25) is 5.91 Å². The van der Waals surface area contributed by atoms with Crippen LogP contribution in [0.5, 0.6) is 0 Å². The smallest absolute Gasteiger partial charge is 0.239 e. The number of likely N-dealkylation sites (tertiary alicyclic amines) is 1. The summed E-state index contributed by atoms with van der Waals surface area (Å²) in [6.07, 6.45) is 4.56. The average molecular weight is 341 g/mol. The second kappa shape index (κ2) is 8.80. The van der Waals surface area contributed by atoms with Crippen LogP contribution in [0.4, 0.5) is 0 Å². The summed E-state index contributed by atoms with van der Waals surface area (Å²) in [4.78, 5) is 15.9. The van der Waals surface area contributed by atoms with Crippen molar-refractivity contribution in [3.05, 3.63) is 30.3 Å². The van der Waals surface area contributed by atoms with E-state index < -0.39 is 0 Å². The Morgan fingerprint density at radius 1 is 1.23 bits per heavy atom. The summed E-state index contributed by atoms with van der Waals surface area (Å²) in [5, 5.41) is 3.37. The summed E-state index contributed by atoms with van der Waals surface area (Å²) in [6, 6.07) is 10.6. The number of carbonyl (C=O) groups excluding carboxylic acids is 1. The van der Waals surface area contributed by atoms with Gasteiger partial charge in [-0.05, 0) is 43.9 Å². The lowest BCUT2D eigenvalue weighted by molar-refractivity contribution is -0.133. The third kappa shape index (κ3) is 4.64. The molecule has 0 spiro atoms. The lowest BCUT2D eigenvalue weighted by atomic mass is 10.0. The van der Waals surface area contributed by atoms with Crippen LogP contribution in [0.1, 0.15) is 25.7 Å².